The molecule has 2 fully saturated rings. The molecule has 9 heteroatoms. The first-order valence-corrected chi connectivity index (χ1v) is 14.4. The molecule has 1 saturated carbocycles. The largest absolute Gasteiger partial charge is 0.353 e. The van der Waals surface area contributed by atoms with Crippen LogP contribution in [0.3, 0.4) is 0 Å². The molecule has 1 saturated heterocycles. The molecule has 1 aliphatic carbocycles. The number of thioether (sulfide) groups is 1. The third kappa shape index (κ3) is 6.21. The fourth-order valence-corrected chi connectivity index (χ4v) is 7.08. The van der Waals surface area contributed by atoms with E-state index in [2.05, 4.69) is 38.0 Å². The highest BCUT2D eigenvalue weighted by atomic mass is 32.2. The van der Waals surface area contributed by atoms with E-state index in [1.54, 1.807) is 4.57 Å². The first kappa shape index (κ1) is 26.9. The van der Waals surface area contributed by atoms with E-state index in [0.717, 1.165) is 37.0 Å². The summed E-state index contributed by atoms with van der Waals surface area (Å²) in [5.74, 6) is 1.68. The zero-order valence-corrected chi connectivity index (χ0v) is 22.7. The van der Waals surface area contributed by atoms with E-state index in [1.165, 1.54) is 10.6 Å². The van der Waals surface area contributed by atoms with Gasteiger partial charge < -0.3 is 5.32 Å². The number of carbonyl (C=O) groups excluding carboxylic acids is 1. The van der Waals surface area contributed by atoms with Crippen LogP contribution in [-0.2, 0) is 4.79 Å². The number of halogens is 1. The van der Waals surface area contributed by atoms with Crippen LogP contribution in [-0.4, -0.2) is 37.6 Å². The Bertz CT molecular complexity index is 1200. The highest BCUT2D eigenvalue weighted by molar-refractivity contribution is 7.99. The third-order valence-electron chi connectivity index (χ3n) is 7.40. The minimum absolute atomic E-state index is 0.0447. The van der Waals surface area contributed by atoms with Gasteiger partial charge in [-0.05, 0) is 73.9 Å². The molecule has 3 heterocycles. The van der Waals surface area contributed by atoms with Gasteiger partial charge in [0.2, 0.25) is 5.91 Å². The lowest BCUT2D eigenvalue weighted by atomic mass is 9.84. The van der Waals surface area contributed by atoms with Crippen molar-refractivity contribution in [1.29, 1.82) is 0 Å². The van der Waals surface area contributed by atoms with E-state index in [1.807, 2.05) is 11.8 Å². The van der Waals surface area contributed by atoms with Gasteiger partial charge in [-0.2, -0.15) is 11.8 Å². The highest BCUT2D eigenvalue weighted by Crippen LogP contribution is 2.31. The molecule has 2 aliphatic rings. The van der Waals surface area contributed by atoms with Gasteiger partial charge in [0.1, 0.15) is 11.5 Å². The van der Waals surface area contributed by atoms with Crippen LogP contribution in [0.1, 0.15) is 91.1 Å². The fourth-order valence-electron chi connectivity index (χ4n) is 6.00. The summed E-state index contributed by atoms with van der Waals surface area (Å²) in [4.78, 5) is 43.9. The van der Waals surface area contributed by atoms with Gasteiger partial charge >= 0.3 is 5.69 Å². The second kappa shape index (κ2) is 11.1. The first-order chi connectivity index (χ1) is 17.0. The summed E-state index contributed by atoms with van der Waals surface area (Å²) in [7, 11) is 0. The van der Waals surface area contributed by atoms with Crippen LogP contribution >= 0.6 is 11.8 Å². The Kier molecular flexibility index (Phi) is 8.27. The Balaban J connectivity index is 1.52. The number of rotatable bonds is 6. The molecule has 1 unspecified atom stereocenters. The minimum atomic E-state index is -0.581. The fraction of sp³-hybridized carbons (Fsp3) is 0.704. The molecule has 0 bridgehead atoms. The lowest BCUT2D eigenvalue weighted by Crippen LogP contribution is -2.46. The number of aromatic nitrogens is 3. The van der Waals surface area contributed by atoms with Crippen LogP contribution in [0.5, 0.6) is 0 Å². The summed E-state index contributed by atoms with van der Waals surface area (Å²) < 4.78 is 17.1. The van der Waals surface area contributed by atoms with Crippen LogP contribution in [0.2, 0.25) is 0 Å². The van der Waals surface area contributed by atoms with E-state index in [0.29, 0.717) is 38.0 Å². The van der Waals surface area contributed by atoms with Crippen LogP contribution in [0, 0.1) is 17.2 Å². The summed E-state index contributed by atoms with van der Waals surface area (Å²) >= 11 is 1.85. The molecule has 1 amide bonds. The van der Waals surface area contributed by atoms with Crippen LogP contribution in [0.25, 0.3) is 11.0 Å². The van der Waals surface area contributed by atoms with E-state index in [4.69, 9.17) is 0 Å². The number of nitrogens with zero attached hydrogens (tertiary/aromatic N) is 3. The van der Waals surface area contributed by atoms with Crippen molar-refractivity contribution in [3.8, 4) is 0 Å². The lowest BCUT2D eigenvalue weighted by Gasteiger charge is -2.32. The minimum Gasteiger partial charge on any atom is -0.353 e. The predicted octanol–water partition coefficient (Wildman–Crippen LogP) is 4.83. The van der Waals surface area contributed by atoms with Gasteiger partial charge in [-0.3, -0.25) is 18.7 Å². The molecule has 36 heavy (non-hydrogen) atoms. The van der Waals surface area contributed by atoms with Gasteiger partial charge in [0.05, 0.1) is 11.6 Å². The number of pyridine rings is 1. The Morgan fingerprint density at radius 2 is 1.75 bits per heavy atom. The molecule has 2 aromatic heterocycles. The van der Waals surface area contributed by atoms with Crippen LogP contribution < -0.4 is 16.6 Å². The predicted molar refractivity (Wildman–Crippen MR) is 143 cm³/mol. The molecule has 1 atom stereocenters. The van der Waals surface area contributed by atoms with Crippen LogP contribution in [0.15, 0.2) is 21.9 Å². The molecule has 0 spiro atoms. The van der Waals surface area contributed by atoms with Gasteiger partial charge in [0, 0.05) is 24.5 Å². The summed E-state index contributed by atoms with van der Waals surface area (Å²) in [5.41, 5.74) is -0.337. The molecular weight excluding hydrogens is 479 g/mol. The first-order valence-electron chi connectivity index (χ1n) is 13.2. The Morgan fingerprint density at radius 1 is 1.11 bits per heavy atom. The second-order valence-corrected chi connectivity index (χ2v) is 13.1. The number of carbonyl (C=O) groups is 1. The van der Waals surface area contributed by atoms with Gasteiger partial charge in [0.25, 0.3) is 5.56 Å². The molecule has 198 valence electrons. The average Bonchev–Trinajstić information content (AvgIpc) is 2.80. The van der Waals surface area contributed by atoms with E-state index < -0.39 is 11.4 Å². The Hall–Kier alpha value is -2.16. The van der Waals surface area contributed by atoms with Gasteiger partial charge in [-0.1, -0.05) is 27.7 Å². The van der Waals surface area contributed by atoms with Crippen molar-refractivity contribution in [1.82, 2.24) is 19.4 Å². The van der Waals surface area contributed by atoms with Crippen molar-refractivity contribution in [2.75, 3.05) is 11.5 Å². The van der Waals surface area contributed by atoms with Crippen LogP contribution in [0.4, 0.5) is 4.39 Å². The maximum Gasteiger partial charge on any atom is 0.333 e. The smallest absolute Gasteiger partial charge is 0.333 e. The number of hydrogen-bond donors (Lipinski definition) is 1. The van der Waals surface area contributed by atoms with Gasteiger partial charge in [-0.15, -0.1) is 0 Å². The maximum atomic E-state index is 14.1. The second-order valence-electron chi connectivity index (χ2n) is 11.8. The molecule has 1 N–H and O–H groups in total. The molecule has 4 rings (SSSR count). The molecule has 0 aromatic carbocycles. The van der Waals surface area contributed by atoms with Crippen molar-refractivity contribution >= 4 is 28.7 Å². The third-order valence-corrected chi connectivity index (χ3v) is 8.45. The molecule has 0 radical (unpaired) electrons. The zero-order chi connectivity index (χ0) is 26.0. The topological polar surface area (TPSA) is 86.0 Å². The Morgan fingerprint density at radius 3 is 2.39 bits per heavy atom. The number of amides is 1. The molecule has 7 nitrogen and oxygen atoms in total. The molecule has 2 aromatic rings. The number of nitrogens with one attached hydrogen (secondary N) is 1. The Labute approximate surface area is 216 Å². The standard InChI is InChI=1S/C27H39FN4O3S/c1-17(15-27(2,3)4)13-23(33)30-19-5-7-20(8-6-19)32-25(34)22-14-18(28)16-29-24(22)31(26(32)35)21-9-11-36-12-10-21/h14,16-17,19-21H,5-13,15H2,1-4H3,(H,30,33). The van der Waals surface area contributed by atoms with Gasteiger partial charge in [-0.25, -0.2) is 14.2 Å². The number of fused-ring (bicyclic) bond motifs is 1. The lowest BCUT2D eigenvalue weighted by molar-refractivity contribution is -0.123. The average molecular weight is 519 g/mol. The molecular formula is C27H39FN4O3S. The van der Waals surface area contributed by atoms with E-state index in [9.17, 15) is 18.8 Å². The van der Waals surface area contributed by atoms with Gasteiger partial charge in [0.15, 0.2) is 0 Å². The van der Waals surface area contributed by atoms with E-state index >= 15 is 0 Å². The summed E-state index contributed by atoms with van der Waals surface area (Å²) in [6, 6.07) is 0.939. The van der Waals surface area contributed by atoms with Crippen molar-refractivity contribution in [3.05, 3.63) is 38.9 Å². The summed E-state index contributed by atoms with van der Waals surface area (Å²) in [6.07, 6.45) is 6.86. The summed E-state index contributed by atoms with van der Waals surface area (Å²) in [6.45, 7) is 8.66. The zero-order valence-electron chi connectivity index (χ0n) is 21.9. The highest BCUT2D eigenvalue weighted by Gasteiger charge is 2.30. The van der Waals surface area contributed by atoms with Crippen molar-refractivity contribution in [3.63, 3.8) is 0 Å². The van der Waals surface area contributed by atoms with Crippen molar-refractivity contribution in [2.45, 2.75) is 97.2 Å². The SMILES string of the molecule is CC(CC(=O)NC1CCC(n2c(=O)c3cc(F)cnc3n(C3CCSCC3)c2=O)CC1)CC(C)(C)C. The van der Waals surface area contributed by atoms with E-state index in [-0.39, 0.29) is 46.2 Å². The monoisotopic (exact) mass is 518 g/mol. The normalized spacial score (nSPS) is 22.5. The summed E-state index contributed by atoms with van der Waals surface area (Å²) in [5, 5.41) is 3.33. The van der Waals surface area contributed by atoms with Crippen molar-refractivity contribution in [2.24, 2.45) is 11.3 Å². The van der Waals surface area contributed by atoms with Crippen molar-refractivity contribution < 1.29 is 9.18 Å². The maximum absolute atomic E-state index is 14.1. The molecule has 1 aliphatic heterocycles. The number of hydrogen-bond acceptors (Lipinski definition) is 5. The quantitative estimate of drug-likeness (QED) is 0.592.